The fraction of sp³-hybridized carbons (Fsp3) is 0.222. The van der Waals surface area contributed by atoms with E-state index in [4.69, 9.17) is 4.74 Å². The van der Waals surface area contributed by atoms with Crippen LogP contribution in [0.2, 0.25) is 0 Å². The maximum atomic E-state index is 11.2. The number of fused-ring (bicyclic) bond motifs is 1. The van der Waals surface area contributed by atoms with E-state index in [9.17, 15) is 14.9 Å². The van der Waals surface area contributed by atoms with Crippen LogP contribution in [0.1, 0.15) is 0 Å². The van der Waals surface area contributed by atoms with Gasteiger partial charge in [-0.05, 0) is 6.07 Å². The molecule has 0 aliphatic carbocycles. The second kappa shape index (κ2) is 3.23. The molecule has 0 N–H and O–H groups in total. The van der Waals surface area contributed by atoms with Crippen LogP contribution in [0.25, 0.3) is 0 Å². The SMILES string of the molecule is CN1C(=O)COc2cc([N+](=O)[O-])ccc21. The summed E-state index contributed by atoms with van der Waals surface area (Å²) in [6.07, 6.45) is 0. The van der Waals surface area contributed by atoms with Gasteiger partial charge in [-0.15, -0.1) is 0 Å². The largest absolute Gasteiger partial charge is 0.481 e. The number of amides is 1. The molecule has 15 heavy (non-hydrogen) atoms. The summed E-state index contributed by atoms with van der Waals surface area (Å²) in [4.78, 5) is 22.7. The Labute approximate surface area is 85.2 Å². The summed E-state index contributed by atoms with van der Waals surface area (Å²) in [5.74, 6) is 0.197. The molecule has 0 radical (unpaired) electrons. The molecule has 1 aliphatic rings. The predicted octanol–water partition coefficient (Wildman–Crippen LogP) is 0.950. The van der Waals surface area contributed by atoms with Gasteiger partial charge in [-0.2, -0.15) is 0 Å². The lowest BCUT2D eigenvalue weighted by Crippen LogP contribution is -2.35. The topological polar surface area (TPSA) is 72.7 Å². The molecule has 0 fully saturated rings. The van der Waals surface area contributed by atoms with Gasteiger partial charge in [0.2, 0.25) is 0 Å². The quantitative estimate of drug-likeness (QED) is 0.508. The highest BCUT2D eigenvalue weighted by atomic mass is 16.6. The Balaban J connectivity index is 2.47. The van der Waals surface area contributed by atoms with Crippen LogP contribution >= 0.6 is 0 Å². The summed E-state index contributed by atoms with van der Waals surface area (Å²) in [6, 6.07) is 4.17. The maximum absolute atomic E-state index is 11.2. The van der Waals surface area contributed by atoms with E-state index in [1.54, 1.807) is 7.05 Å². The molecule has 2 rings (SSSR count). The minimum atomic E-state index is -0.500. The molecule has 1 aliphatic heterocycles. The van der Waals surface area contributed by atoms with Gasteiger partial charge in [0.15, 0.2) is 12.4 Å². The van der Waals surface area contributed by atoms with E-state index in [1.807, 2.05) is 0 Å². The summed E-state index contributed by atoms with van der Waals surface area (Å²) in [5.41, 5.74) is 0.508. The van der Waals surface area contributed by atoms with Crippen LogP contribution in [0.3, 0.4) is 0 Å². The lowest BCUT2D eigenvalue weighted by molar-refractivity contribution is -0.384. The number of likely N-dealkylation sites (N-methyl/N-ethyl adjacent to an activating group) is 1. The molecule has 1 heterocycles. The van der Waals surface area contributed by atoms with Crippen LogP contribution in [0, 0.1) is 10.1 Å². The van der Waals surface area contributed by atoms with Crippen molar-refractivity contribution in [2.24, 2.45) is 0 Å². The minimum absolute atomic E-state index is 0.0449. The molecule has 0 spiro atoms. The molecule has 0 saturated heterocycles. The average molecular weight is 208 g/mol. The molecule has 0 unspecified atom stereocenters. The standard InChI is InChI=1S/C9H8N2O4/c1-10-7-3-2-6(11(13)14)4-8(7)15-5-9(10)12/h2-4H,5H2,1H3. The van der Waals surface area contributed by atoms with E-state index in [2.05, 4.69) is 0 Å². The second-order valence-electron chi connectivity index (χ2n) is 3.15. The van der Waals surface area contributed by atoms with E-state index in [0.29, 0.717) is 11.4 Å². The molecule has 1 amide bonds. The van der Waals surface area contributed by atoms with Gasteiger partial charge < -0.3 is 9.64 Å². The van der Waals surface area contributed by atoms with Gasteiger partial charge in [0.1, 0.15) is 0 Å². The van der Waals surface area contributed by atoms with Crippen molar-refractivity contribution in [2.45, 2.75) is 0 Å². The molecule has 78 valence electrons. The Kier molecular flexibility index (Phi) is 2.03. The number of hydrogen-bond acceptors (Lipinski definition) is 4. The zero-order chi connectivity index (χ0) is 11.0. The van der Waals surface area contributed by atoms with Crippen LogP contribution < -0.4 is 9.64 Å². The molecular formula is C9H8N2O4. The fourth-order valence-electron chi connectivity index (χ4n) is 1.38. The maximum Gasteiger partial charge on any atom is 0.273 e. The molecule has 1 aromatic rings. The Hall–Kier alpha value is -2.11. The first-order valence-corrected chi connectivity index (χ1v) is 4.27. The Morgan fingerprint density at radius 3 is 2.93 bits per heavy atom. The summed E-state index contributed by atoms with van der Waals surface area (Å²) in [6.45, 7) is -0.0787. The summed E-state index contributed by atoms with van der Waals surface area (Å²) >= 11 is 0. The van der Waals surface area contributed by atoms with Crippen molar-refractivity contribution in [3.63, 3.8) is 0 Å². The number of carbonyl (C=O) groups is 1. The smallest absolute Gasteiger partial charge is 0.273 e. The van der Waals surface area contributed by atoms with Crippen LogP contribution in [-0.4, -0.2) is 24.5 Å². The third-order valence-electron chi connectivity index (χ3n) is 2.24. The number of ether oxygens (including phenoxy) is 1. The van der Waals surface area contributed by atoms with Crippen molar-refractivity contribution in [3.05, 3.63) is 28.3 Å². The molecule has 0 atom stereocenters. The van der Waals surface area contributed by atoms with Gasteiger partial charge in [-0.3, -0.25) is 14.9 Å². The number of rotatable bonds is 1. The van der Waals surface area contributed by atoms with E-state index >= 15 is 0 Å². The Morgan fingerprint density at radius 2 is 2.27 bits per heavy atom. The van der Waals surface area contributed by atoms with Crippen molar-refractivity contribution < 1.29 is 14.5 Å². The van der Waals surface area contributed by atoms with Gasteiger partial charge in [-0.25, -0.2) is 0 Å². The summed E-state index contributed by atoms with van der Waals surface area (Å²) in [5, 5.41) is 10.5. The molecular weight excluding hydrogens is 200 g/mol. The molecule has 0 bridgehead atoms. The van der Waals surface area contributed by atoms with Crippen LogP contribution in [0.5, 0.6) is 5.75 Å². The van der Waals surface area contributed by atoms with Gasteiger partial charge in [0.25, 0.3) is 11.6 Å². The van der Waals surface area contributed by atoms with Crippen LogP contribution in [0.15, 0.2) is 18.2 Å². The van der Waals surface area contributed by atoms with E-state index in [-0.39, 0.29) is 18.2 Å². The van der Waals surface area contributed by atoms with E-state index in [0.717, 1.165) is 0 Å². The number of anilines is 1. The molecule has 6 nitrogen and oxygen atoms in total. The normalized spacial score (nSPS) is 14.5. The van der Waals surface area contributed by atoms with Gasteiger partial charge >= 0.3 is 0 Å². The van der Waals surface area contributed by atoms with Crippen LogP contribution in [-0.2, 0) is 4.79 Å². The van der Waals surface area contributed by atoms with Crippen molar-refractivity contribution in [1.29, 1.82) is 0 Å². The Bertz CT molecular complexity index is 444. The highest BCUT2D eigenvalue weighted by molar-refractivity contribution is 5.97. The number of nitro benzene ring substituents is 1. The first-order chi connectivity index (χ1) is 7.09. The zero-order valence-electron chi connectivity index (χ0n) is 7.97. The van der Waals surface area contributed by atoms with E-state index < -0.39 is 4.92 Å². The molecule has 6 heteroatoms. The highest BCUT2D eigenvalue weighted by Gasteiger charge is 2.23. The molecule has 0 saturated carbocycles. The fourth-order valence-corrected chi connectivity index (χ4v) is 1.38. The summed E-state index contributed by atoms with van der Waals surface area (Å²) in [7, 11) is 1.61. The zero-order valence-corrected chi connectivity index (χ0v) is 7.97. The highest BCUT2D eigenvalue weighted by Crippen LogP contribution is 2.34. The lowest BCUT2D eigenvalue weighted by atomic mass is 10.2. The number of non-ortho nitro benzene ring substituents is 1. The number of nitro groups is 1. The monoisotopic (exact) mass is 208 g/mol. The van der Waals surface area contributed by atoms with Crippen molar-refractivity contribution in [1.82, 2.24) is 0 Å². The molecule has 1 aromatic carbocycles. The first kappa shape index (κ1) is 9.45. The number of carbonyl (C=O) groups excluding carboxylic acids is 1. The minimum Gasteiger partial charge on any atom is -0.481 e. The third kappa shape index (κ3) is 1.50. The average Bonchev–Trinajstić information content (AvgIpc) is 2.23. The Morgan fingerprint density at radius 1 is 1.53 bits per heavy atom. The number of hydrogen-bond donors (Lipinski definition) is 0. The van der Waals surface area contributed by atoms with Crippen molar-refractivity contribution in [3.8, 4) is 5.75 Å². The van der Waals surface area contributed by atoms with Gasteiger partial charge in [-0.1, -0.05) is 0 Å². The lowest BCUT2D eigenvalue weighted by Gasteiger charge is -2.25. The first-order valence-electron chi connectivity index (χ1n) is 4.27. The predicted molar refractivity (Wildman–Crippen MR) is 52.0 cm³/mol. The van der Waals surface area contributed by atoms with Gasteiger partial charge in [0.05, 0.1) is 16.7 Å². The third-order valence-corrected chi connectivity index (χ3v) is 2.24. The van der Waals surface area contributed by atoms with E-state index in [1.165, 1.54) is 23.1 Å². The van der Waals surface area contributed by atoms with Crippen LogP contribution in [0.4, 0.5) is 11.4 Å². The van der Waals surface area contributed by atoms with Crippen molar-refractivity contribution in [2.75, 3.05) is 18.6 Å². The number of benzene rings is 1. The number of nitrogens with zero attached hydrogens (tertiary/aromatic N) is 2. The van der Waals surface area contributed by atoms with Gasteiger partial charge in [0, 0.05) is 13.1 Å². The summed E-state index contributed by atoms with van der Waals surface area (Å²) < 4.78 is 5.10. The molecule has 0 aromatic heterocycles. The van der Waals surface area contributed by atoms with Crippen molar-refractivity contribution >= 4 is 17.3 Å². The second-order valence-corrected chi connectivity index (χ2v) is 3.15.